The van der Waals surface area contributed by atoms with Crippen LogP contribution in [0.4, 0.5) is 0 Å². The van der Waals surface area contributed by atoms with Crippen molar-refractivity contribution >= 4 is 10.0 Å². The molecule has 1 aliphatic rings. The summed E-state index contributed by atoms with van der Waals surface area (Å²) in [4.78, 5) is 8.45. The van der Waals surface area contributed by atoms with Crippen LogP contribution >= 0.6 is 0 Å². The average Bonchev–Trinajstić information content (AvgIpc) is 3.38. The van der Waals surface area contributed by atoms with E-state index in [-0.39, 0.29) is 10.9 Å². The molecule has 1 atom stereocenters. The summed E-state index contributed by atoms with van der Waals surface area (Å²) in [5.74, 6) is 2.04. The summed E-state index contributed by atoms with van der Waals surface area (Å²) in [6.45, 7) is 0.817. The predicted molar refractivity (Wildman–Crippen MR) is 106 cm³/mol. The molecule has 8 nitrogen and oxygen atoms in total. The molecular weight excluding hydrogens is 392 g/mol. The second-order valence-electron chi connectivity index (χ2n) is 7.23. The quantitative estimate of drug-likeness (QED) is 0.613. The number of benzene rings is 1. The number of rotatable bonds is 6. The summed E-state index contributed by atoms with van der Waals surface area (Å²) in [6, 6.07) is 7.78. The molecule has 3 heterocycles. The lowest BCUT2D eigenvalue weighted by Gasteiger charge is -2.29. The molecule has 0 radical (unpaired) electrons. The Kier molecular flexibility index (Phi) is 5.42. The average molecular weight is 417 g/mol. The number of sulfonamides is 1. The zero-order chi connectivity index (χ0) is 20.4. The summed E-state index contributed by atoms with van der Waals surface area (Å²) in [5, 5.41) is 0.0740. The number of hydrogen-bond donors (Lipinski definition) is 0. The molecule has 1 unspecified atom stereocenters. The molecule has 3 aromatic rings. The summed E-state index contributed by atoms with van der Waals surface area (Å²) in [5.41, 5.74) is 1.01. The number of aromatic nitrogens is 3. The number of imidazole rings is 1. The fraction of sp³-hybridized carbons (Fsp3) is 0.400. The number of methoxy groups -OCH3 is 1. The van der Waals surface area contributed by atoms with Gasteiger partial charge in [0, 0.05) is 44.2 Å². The Labute approximate surface area is 170 Å². The zero-order valence-corrected chi connectivity index (χ0v) is 17.3. The number of aryl methyl sites for hydroxylation is 1. The minimum atomic E-state index is -3.62. The molecule has 0 amide bonds. The van der Waals surface area contributed by atoms with Gasteiger partial charge >= 0.3 is 0 Å². The van der Waals surface area contributed by atoms with Gasteiger partial charge in [0.05, 0.1) is 19.6 Å². The first-order chi connectivity index (χ1) is 14.0. The normalized spacial score (nSPS) is 18.1. The molecule has 0 spiro atoms. The minimum Gasteiger partial charge on any atom is -0.496 e. The molecule has 0 saturated carbocycles. The lowest BCUT2D eigenvalue weighted by Crippen LogP contribution is -2.39. The third-order valence-corrected chi connectivity index (χ3v) is 6.90. The van der Waals surface area contributed by atoms with Crippen LogP contribution < -0.4 is 4.74 Å². The molecule has 0 N–H and O–H groups in total. The van der Waals surface area contributed by atoms with Crippen LogP contribution in [0.25, 0.3) is 0 Å². The smallest absolute Gasteiger partial charge is 0.262 e. The minimum absolute atomic E-state index is 0.0740. The Morgan fingerprint density at radius 2 is 2.10 bits per heavy atom. The lowest BCUT2D eigenvalue weighted by atomic mass is 10.00. The highest BCUT2D eigenvalue weighted by atomic mass is 32.2. The molecule has 29 heavy (non-hydrogen) atoms. The number of oxazole rings is 1. The van der Waals surface area contributed by atoms with Gasteiger partial charge in [0.25, 0.3) is 10.0 Å². The highest BCUT2D eigenvalue weighted by molar-refractivity contribution is 7.89. The third kappa shape index (κ3) is 4.06. The van der Waals surface area contributed by atoms with Crippen LogP contribution in [0.2, 0.25) is 0 Å². The first kappa shape index (κ1) is 19.7. The molecule has 154 valence electrons. The Hall–Kier alpha value is -2.65. The van der Waals surface area contributed by atoms with Crippen LogP contribution in [0.3, 0.4) is 0 Å². The van der Waals surface area contributed by atoms with Crippen molar-refractivity contribution in [3.8, 4) is 5.75 Å². The highest BCUT2D eigenvalue weighted by Crippen LogP contribution is 2.30. The molecular formula is C20H24N4O4S. The number of hydrogen-bond acceptors (Lipinski definition) is 6. The highest BCUT2D eigenvalue weighted by Gasteiger charge is 2.34. The standard InChI is InChI=1S/C20H24N4O4S/c1-23-13-19(22-14-23)29(25,26)24-9-5-7-16(12-24)20-21-11-17(28-20)10-15-6-3-4-8-18(15)27-2/h3-4,6,8,11,13-14,16H,5,7,9-10,12H2,1-2H3. The second-order valence-corrected chi connectivity index (χ2v) is 9.12. The molecule has 9 heteroatoms. The fourth-order valence-corrected chi connectivity index (χ4v) is 5.14. The van der Waals surface area contributed by atoms with Crippen molar-refractivity contribution in [1.82, 2.24) is 18.8 Å². The van der Waals surface area contributed by atoms with E-state index in [4.69, 9.17) is 9.15 Å². The van der Waals surface area contributed by atoms with E-state index in [0.717, 1.165) is 29.9 Å². The van der Waals surface area contributed by atoms with Gasteiger partial charge in [0.1, 0.15) is 11.5 Å². The number of ether oxygens (including phenoxy) is 1. The van der Waals surface area contributed by atoms with Gasteiger partial charge in [-0.3, -0.25) is 0 Å². The van der Waals surface area contributed by atoms with Gasteiger partial charge in [-0.1, -0.05) is 18.2 Å². The van der Waals surface area contributed by atoms with Gasteiger partial charge in [0.2, 0.25) is 0 Å². The van der Waals surface area contributed by atoms with Crippen molar-refractivity contribution in [3.63, 3.8) is 0 Å². The number of para-hydroxylation sites is 1. The lowest BCUT2D eigenvalue weighted by molar-refractivity contribution is 0.281. The third-order valence-electron chi connectivity index (χ3n) is 5.15. The van der Waals surface area contributed by atoms with Crippen molar-refractivity contribution in [2.75, 3.05) is 20.2 Å². The Bertz CT molecular complexity index is 1090. The van der Waals surface area contributed by atoms with Gasteiger partial charge in [-0.2, -0.15) is 4.31 Å². The van der Waals surface area contributed by atoms with E-state index in [2.05, 4.69) is 9.97 Å². The summed E-state index contributed by atoms with van der Waals surface area (Å²) >= 11 is 0. The molecule has 1 saturated heterocycles. The second kappa shape index (κ2) is 8.00. The van der Waals surface area contributed by atoms with Crippen molar-refractivity contribution < 1.29 is 17.6 Å². The molecule has 0 bridgehead atoms. The molecule has 2 aromatic heterocycles. The van der Waals surface area contributed by atoms with Gasteiger partial charge in [-0.15, -0.1) is 0 Å². The summed E-state index contributed by atoms with van der Waals surface area (Å²) in [6.07, 6.45) is 6.89. The Balaban J connectivity index is 1.49. The van der Waals surface area contributed by atoms with E-state index in [1.807, 2.05) is 24.3 Å². The number of nitrogens with zero attached hydrogens (tertiary/aromatic N) is 4. The van der Waals surface area contributed by atoms with Crippen molar-refractivity contribution in [2.24, 2.45) is 7.05 Å². The van der Waals surface area contributed by atoms with Crippen molar-refractivity contribution in [2.45, 2.75) is 30.2 Å². The van der Waals surface area contributed by atoms with E-state index >= 15 is 0 Å². The molecule has 4 rings (SSSR count). The van der Waals surface area contributed by atoms with Crippen LogP contribution in [0.15, 0.2) is 52.4 Å². The van der Waals surface area contributed by atoms with Crippen LogP contribution in [0.1, 0.15) is 36.0 Å². The fourth-order valence-electron chi connectivity index (χ4n) is 3.65. The topological polar surface area (TPSA) is 90.5 Å². The van der Waals surface area contributed by atoms with Crippen molar-refractivity contribution in [3.05, 3.63) is 60.2 Å². The number of piperidine rings is 1. The maximum atomic E-state index is 12.9. The molecule has 1 aliphatic heterocycles. The maximum Gasteiger partial charge on any atom is 0.262 e. The Morgan fingerprint density at radius 3 is 2.86 bits per heavy atom. The van der Waals surface area contributed by atoms with Gasteiger partial charge in [-0.25, -0.2) is 18.4 Å². The van der Waals surface area contributed by atoms with Crippen LogP contribution in [0.5, 0.6) is 5.75 Å². The van der Waals surface area contributed by atoms with Gasteiger partial charge < -0.3 is 13.7 Å². The zero-order valence-electron chi connectivity index (χ0n) is 16.5. The van der Waals surface area contributed by atoms with Gasteiger partial charge in [0.15, 0.2) is 10.9 Å². The van der Waals surface area contributed by atoms with Crippen LogP contribution in [-0.2, 0) is 23.5 Å². The van der Waals surface area contributed by atoms with Crippen LogP contribution in [-0.4, -0.2) is 47.5 Å². The first-order valence-corrected chi connectivity index (χ1v) is 11.0. The monoisotopic (exact) mass is 416 g/mol. The van der Waals surface area contributed by atoms with E-state index in [1.165, 1.54) is 16.8 Å². The van der Waals surface area contributed by atoms with E-state index in [1.54, 1.807) is 24.9 Å². The Morgan fingerprint density at radius 1 is 1.28 bits per heavy atom. The van der Waals surface area contributed by atoms with Crippen molar-refractivity contribution in [1.29, 1.82) is 0 Å². The van der Waals surface area contributed by atoms with Crippen LogP contribution in [0, 0.1) is 0 Å². The molecule has 1 fully saturated rings. The summed E-state index contributed by atoms with van der Waals surface area (Å²) in [7, 11) is -0.224. The van der Waals surface area contributed by atoms with E-state index < -0.39 is 10.0 Å². The maximum absolute atomic E-state index is 12.9. The first-order valence-electron chi connectivity index (χ1n) is 9.52. The largest absolute Gasteiger partial charge is 0.496 e. The molecule has 1 aromatic carbocycles. The van der Waals surface area contributed by atoms with E-state index in [0.29, 0.717) is 25.4 Å². The molecule has 0 aliphatic carbocycles. The summed E-state index contributed by atoms with van der Waals surface area (Å²) < 4.78 is 40.3. The predicted octanol–water partition coefficient (Wildman–Crippen LogP) is 2.58. The SMILES string of the molecule is COc1ccccc1Cc1cnc(C2CCCN(S(=O)(=O)c3cn(C)cn3)C2)o1. The van der Waals surface area contributed by atoms with E-state index in [9.17, 15) is 8.42 Å². The van der Waals surface area contributed by atoms with Gasteiger partial charge in [-0.05, 0) is 18.9 Å².